The van der Waals surface area contributed by atoms with Crippen LogP contribution in [0.1, 0.15) is 32.6 Å². The van der Waals surface area contributed by atoms with Crippen molar-refractivity contribution in [1.29, 1.82) is 0 Å². The van der Waals surface area contributed by atoms with Crippen molar-refractivity contribution in [3.63, 3.8) is 0 Å². The summed E-state index contributed by atoms with van der Waals surface area (Å²) in [4.78, 5) is 0. The summed E-state index contributed by atoms with van der Waals surface area (Å²) in [6.07, 6.45) is 3.85. The average Bonchev–Trinajstić information content (AvgIpc) is 2.14. The van der Waals surface area contributed by atoms with Crippen molar-refractivity contribution in [2.75, 3.05) is 19.8 Å². The van der Waals surface area contributed by atoms with Gasteiger partial charge in [-0.05, 0) is 6.42 Å². The molecule has 0 unspecified atom stereocenters. The molecule has 0 spiro atoms. The van der Waals surface area contributed by atoms with Gasteiger partial charge in [0.25, 0.3) is 0 Å². The molecule has 0 rings (SSSR count). The van der Waals surface area contributed by atoms with Gasteiger partial charge in [0.15, 0.2) is 0 Å². The van der Waals surface area contributed by atoms with Crippen LogP contribution in [0.5, 0.6) is 0 Å². The molecule has 12 heavy (non-hydrogen) atoms. The maximum absolute atomic E-state index is 8.96. The summed E-state index contributed by atoms with van der Waals surface area (Å²) in [5, 5.41) is 26.9. The van der Waals surface area contributed by atoms with E-state index in [2.05, 4.69) is 6.92 Å². The van der Waals surface area contributed by atoms with Gasteiger partial charge in [-0.2, -0.15) is 0 Å². The molecule has 0 aliphatic carbocycles. The molecule has 0 bridgehead atoms. The second-order valence-electron chi connectivity index (χ2n) is 3.43. The second kappa shape index (κ2) is 6.40. The van der Waals surface area contributed by atoms with Crippen LogP contribution in [0.3, 0.4) is 0 Å². The zero-order valence-corrected chi connectivity index (χ0v) is 7.79. The van der Waals surface area contributed by atoms with Gasteiger partial charge >= 0.3 is 0 Å². The Bertz CT molecular complexity index is 91.7. The van der Waals surface area contributed by atoms with Gasteiger partial charge in [0.2, 0.25) is 0 Å². The van der Waals surface area contributed by atoms with Crippen molar-refractivity contribution >= 4 is 0 Å². The fraction of sp³-hybridized carbons (Fsp3) is 1.00. The van der Waals surface area contributed by atoms with Gasteiger partial charge in [0, 0.05) is 5.41 Å². The monoisotopic (exact) mass is 176 g/mol. The maximum atomic E-state index is 8.96. The first-order valence-corrected chi connectivity index (χ1v) is 4.57. The van der Waals surface area contributed by atoms with Gasteiger partial charge in [-0.15, -0.1) is 0 Å². The molecule has 0 atom stereocenters. The lowest BCUT2D eigenvalue weighted by atomic mass is 9.85. The van der Waals surface area contributed by atoms with Crippen LogP contribution in [0.2, 0.25) is 0 Å². The van der Waals surface area contributed by atoms with Crippen molar-refractivity contribution in [1.82, 2.24) is 0 Å². The Morgan fingerprint density at radius 3 is 1.75 bits per heavy atom. The molecule has 0 fully saturated rings. The number of rotatable bonds is 7. The zero-order chi connectivity index (χ0) is 9.45. The largest absolute Gasteiger partial charge is 0.396 e. The number of hydrogen-bond donors (Lipinski definition) is 3. The van der Waals surface area contributed by atoms with Gasteiger partial charge in [0.1, 0.15) is 0 Å². The van der Waals surface area contributed by atoms with Crippen molar-refractivity contribution in [2.24, 2.45) is 5.41 Å². The van der Waals surface area contributed by atoms with E-state index in [1.54, 1.807) is 0 Å². The fourth-order valence-corrected chi connectivity index (χ4v) is 1.14. The van der Waals surface area contributed by atoms with Crippen molar-refractivity contribution < 1.29 is 15.3 Å². The predicted octanol–water partition coefficient (Wildman–Crippen LogP) is 0.530. The fourth-order valence-electron chi connectivity index (χ4n) is 1.14. The van der Waals surface area contributed by atoms with Crippen LogP contribution in [0.25, 0.3) is 0 Å². The van der Waals surface area contributed by atoms with Crippen LogP contribution >= 0.6 is 0 Å². The number of aliphatic hydroxyl groups is 3. The van der Waals surface area contributed by atoms with Gasteiger partial charge in [-0.25, -0.2) is 0 Å². The molecule has 0 aliphatic heterocycles. The summed E-state index contributed by atoms with van der Waals surface area (Å²) in [7, 11) is 0. The van der Waals surface area contributed by atoms with Crippen LogP contribution in [0, 0.1) is 5.41 Å². The summed E-state index contributed by atoms with van der Waals surface area (Å²) < 4.78 is 0. The highest BCUT2D eigenvalue weighted by Gasteiger charge is 2.26. The predicted molar refractivity (Wildman–Crippen MR) is 47.8 cm³/mol. The molecule has 3 nitrogen and oxygen atoms in total. The molecule has 0 saturated carbocycles. The van der Waals surface area contributed by atoms with E-state index >= 15 is 0 Å². The van der Waals surface area contributed by atoms with E-state index in [-0.39, 0.29) is 19.8 Å². The lowest BCUT2D eigenvalue weighted by Crippen LogP contribution is -2.33. The summed E-state index contributed by atoms with van der Waals surface area (Å²) >= 11 is 0. The zero-order valence-electron chi connectivity index (χ0n) is 7.79. The first-order valence-electron chi connectivity index (χ1n) is 4.57. The number of hydrogen-bond acceptors (Lipinski definition) is 3. The van der Waals surface area contributed by atoms with E-state index < -0.39 is 5.41 Å². The van der Waals surface area contributed by atoms with E-state index in [9.17, 15) is 0 Å². The average molecular weight is 176 g/mol. The molecule has 74 valence electrons. The Kier molecular flexibility index (Phi) is 6.34. The first-order chi connectivity index (χ1) is 5.74. The van der Waals surface area contributed by atoms with Gasteiger partial charge in [-0.1, -0.05) is 26.2 Å². The molecule has 0 amide bonds. The van der Waals surface area contributed by atoms with Crippen molar-refractivity contribution in [3.05, 3.63) is 0 Å². The van der Waals surface area contributed by atoms with Crippen LogP contribution in [0.4, 0.5) is 0 Å². The van der Waals surface area contributed by atoms with E-state index in [0.717, 1.165) is 19.3 Å². The normalized spacial score (nSPS) is 12.0. The minimum atomic E-state index is -0.658. The van der Waals surface area contributed by atoms with Crippen molar-refractivity contribution in [3.8, 4) is 0 Å². The molecule has 3 heteroatoms. The highest BCUT2D eigenvalue weighted by molar-refractivity contribution is 4.76. The quantitative estimate of drug-likeness (QED) is 0.496. The molecular weight excluding hydrogens is 156 g/mol. The molecule has 0 heterocycles. The second-order valence-corrected chi connectivity index (χ2v) is 3.43. The smallest absolute Gasteiger partial charge is 0.0531 e. The van der Waals surface area contributed by atoms with E-state index in [0.29, 0.717) is 6.42 Å². The molecule has 0 aliphatic rings. The first kappa shape index (κ1) is 11.9. The van der Waals surface area contributed by atoms with E-state index in [1.165, 1.54) is 0 Å². The van der Waals surface area contributed by atoms with Crippen LogP contribution < -0.4 is 0 Å². The van der Waals surface area contributed by atoms with E-state index in [4.69, 9.17) is 15.3 Å². The van der Waals surface area contributed by atoms with Gasteiger partial charge in [-0.3, -0.25) is 0 Å². The summed E-state index contributed by atoms with van der Waals surface area (Å²) in [6, 6.07) is 0. The summed E-state index contributed by atoms with van der Waals surface area (Å²) in [6.45, 7) is 1.69. The molecule has 0 aromatic carbocycles. The highest BCUT2D eigenvalue weighted by atomic mass is 16.3. The molecule has 0 saturated heterocycles. The minimum absolute atomic E-state index is 0.135. The van der Waals surface area contributed by atoms with Crippen molar-refractivity contribution in [2.45, 2.75) is 32.6 Å². The van der Waals surface area contributed by atoms with Crippen LogP contribution in [0.15, 0.2) is 0 Å². The van der Waals surface area contributed by atoms with Crippen LogP contribution in [-0.4, -0.2) is 35.1 Å². The highest BCUT2D eigenvalue weighted by Crippen LogP contribution is 2.23. The molecule has 3 N–H and O–H groups in total. The summed E-state index contributed by atoms with van der Waals surface area (Å²) in [5.41, 5.74) is -0.658. The molecule has 0 radical (unpaired) electrons. The minimum Gasteiger partial charge on any atom is -0.396 e. The van der Waals surface area contributed by atoms with Gasteiger partial charge < -0.3 is 15.3 Å². The molecule has 0 aromatic heterocycles. The maximum Gasteiger partial charge on any atom is 0.0531 e. The van der Waals surface area contributed by atoms with E-state index in [1.807, 2.05) is 0 Å². The Labute approximate surface area is 74.0 Å². The Morgan fingerprint density at radius 2 is 1.42 bits per heavy atom. The third-order valence-corrected chi connectivity index (χ3v) is 2.32. The number of aliphatic hydroxyl groups excluding tert-OH is 3. The SMILES string of the molecule is CCCCCC(CO)(CO)CO. The lowest BCUT2D eigenvalue weighted by Gasteiger charge is -2.26. The Balaban J connectivity index is 3.76. The standard InChI is InChI=1S/C9H20O3/c1-2-3-4-5-9(6-10,7-11)8-12/h10-12H,2-8H2,1H3. The van der Waals surface area contributed by atoms with Gasteiger partial charge in [0.05, 0.1) is 19.8 Å². The third kappa shape index (κ3) is 3.52. The molecule has 0 aromatic rings. The summed E-state index contributed by atoms with van der Waals surface area (Å²) in [5.74, 6) is 0. The lowest BCUT2D eigenvalue weighted by molar-refractivity contribution is -0.00222. The number of unbranched alkanes of at least 4 members (excludes halogenated alkanes) is 2. The third-order valence-electron chi connectivity index (χ3n) is 2.32. The van der Waals surface area contributed by atoms with Crippen LogP contribution in [-0.2, 0) is 0 Å². The molecular formula is C9H20O3. The Hall–Kier alpha value is -0.120. The Morgan fingerprint density at radius 1 is 0.917 bits per heavy atom. The topological polar surface area (TPSA) is 60.7 Å².